The monoisotopic (exact) mass is 168 g/mol. The van der Waals surface area contributed by atoms with Crippen molar-refractivity contribution in [1.82, 2.24) is 0 Å². The van der Waals surface area contributed by atoms with Gasteiger partial charge in [0.05, 0.1) is 0 Å². The molecule has 0 fully saturated rings. The van der Waals surface area contributed by atoms with E-state index in [1.807, 2.05) is 0 Å². The Labute approximate surface area is 78.1 Å². The molecule has 0 spiro atoms. The molecule has 0 aliphatic rings. The molecule has 1 unspecified atom stereocenters. The molecule has 12 heavy (non-hydrogen) atoms. The minimum absolute atomic E-state index is 0.526. The van der Waals surface area contributed by atoms with Crippen molar-refractivity contribution in [2.75, 3.05) is 0 Å². The van der Waals surface area contributed by atoms with Gasteiger partial charge in [0.1, 0.15) is 0 Å². The summed E-state index contributed by atoms with van der Waals surface area (Å²) in [5.74, 6) is 0.676. The van der Waals surface area contributed by atoms with E-state index in [4.69, 9.17) is 0 Å². The average Bonchev–Trinajstić information content (AvgIpc) is 2.04. The molecule has 0 aromatic heterocycles. The lowest BCUT2D eigenvalue weighted by atomic mass is 9.76. The molecule has 0 radical (unpaired) electrons. The molecule has 0 rings (SSSR count). The zero-order valence-electron chi connectivity index (χ0n) is 9.41. The van der Waals surface area contributed by atoms with Gasteiger partial charge in [-0.1, -0.05) is 52.7 Å². The molecule has 0 heterocycles. The molecule has 0 aliphatic heterocycles. The zero-order chi connectivity index (χ0) is 9.78. The van der Waals surface area contributed by atoms with Crippen molar-refractivity contribution >= 4 is 0 Å². The van der Waals surface area contributed by atoms with Gasteiger partial charge in [-0.3, -0.25) is 0 Å². The smallest absolute Gasteiger partial charge is 0.0232 e. The van der Waals surface area contributed by atoms with Crippen LogP contribution in [0.2, 0.25) is 0 Å². The molecule has 0 nitrogen and oxygen atoms in total. The summed E-state index contributed by atoms with van der Waals surface area (Å²) >= 11 is 0. The maximum atomic E-state index is 4.01. The number of allylic oxidation sites excluding steroid dienone is 1. The number of hydrogen-bond donors (Lipinski definition) is 0. The van der Waals surface area contributed by atoms with Gasteiger partial charge >= 0.3 is 0 Å². The Kier molecular flexibility index (Phi) is 4.59. The Bertz CT molecular complexity index is 140. The van der Waals surface area contributed by atoms with Crippen molar-refractivity contribution in [3.63, 3.8) is 0 Å². The third-order valence-electron chi connectivity index (χ3n) is 3.35. The minimum Gasteiger partial charge on any atom is -0.0999 e. The van der Waals surface area contributed by atoms with Crippen LogP contribution in [0.1, 0.15) is 53.9 Å². The molecule has 0 saturated heterocycles. The summed E-state index contributed by atoms with van der Waals surface area (Å²) in [6.07, 6.45) is 3.84. The van der Waals surface area contributed by atoms with Gasteiger partial charge in [-0.2, -0.15) is 0 Å². The van der Waals surface area contributed by atoms with Crippen molar-refractivity contribution in [2.45, 2.75) is 53.9 Å². The quantitative estimate of drug-likeness (QED) is 0.533. The lowest BCUT2D eigenvalue weighted by molar-refractivity contribution is 0.242. The molecule has 0 bridgehead atoms. The fourth-order valence-electron chi connectivity index (χ4n) is 1.45. The van der Waals surface area contributed by atoms with Crippen LogP contribution < -0.4 is 0 Å². The predicted octanol–water partition coefficient (Wildman–Crippen LogP) is 4.42. The average molecular weight is 168 g/mol. The Morgan fingerprint density at radius 1 is 1.33 bits per heavy atom. The first-order valence-corrected chi connectivity index (χ1v) is 5.10. The molecular weight excluding hydrogens is 144 g/mol. The second-order valence-electron chi connectivity index (χ2n) is 4.47. The highest BCUT2D eigenvalue weighted by atomic mass is 14.3. The van der Waals surface area contributed by atoms with Crippen LogP contribution in [0.5, 0.6) is 0 Å². The second-order valence-corrected chi connectivity index (χ2v) is 4.47. The fourth-order valence-corrected chi connectivity index (χ4v) is 1.45. The van der Waals surface area contributed by atoms with Crippen LogP contribution in [0.15, 0.2) is 12.2 Å². The van der Waals surface area contributed by atoms with E-state index < -0.39 is 0 Å². The van der Waals surface area contributed by atoms with Gasteiger partial charge in [-0.25, -0.2) is 0 Å². The number of rotatable bonds is 5. The van der Waals surface area contributed by atoms with Crippen LogP contribution in [0, 0.1) is 11.3 Å². The first-order chi connectivity index (χ1) is 5.45. The van der Waals surface area contributed by atoms with Gasteiger partial charge in [0.15, 0.2) is 0 Å². The third kappa shape index (κ3) is 3.42. The molecule has 0 aromatic carbocycles. The van der Waals surface area contributed by atoms with Gasteiger partial charge in [0.25, 0.3) is 0 Å². The van der Waals surface area contributed by atoms with Crippen LogP contribution in [0.25, 0.3) is 0 Å². The van der Waals surface area contributed by atoms with Gasteiger partial charge in [-0.15, -0.1) is 0 Å². The van der Waals surface area contributed by atoms with E-state index >= 15 is 0 Å². The van der Waals surface area contributed by atoms with E-state index in [1.165, 1.54) is 24.8 Å². The van der Waals surface area contributed by atoms with Crippen molar-refractivity contribution in [2.24, 2.45) is 11.3 Å². The molecule has 0 aliphatic carbocycles. The molecule has 1 atom stereocenters. The van der Waals surface area contributed by atoms with Crippen LogP contribution >= 0.6 is 0 Å². The summed E-state index contributed by atoms with van der Waals surface area (Å²) in [6.45, 7) is 15.4. The molecule has 0 N–H and O–H groups in total. The maximum Gasteiger partial charge on any atom is -0.0232 e. The van der Waals surface area contributed by atoms with Crippen molar-refractivity contribution < 1.29 is 0 Å². The molecule has 0 heteroatoms. The summed E-state index contributed by atoms with van der Waals surface area (Å²) in [7, 11) is 0. The predicted molar refractivity (Wildman–Crippen MR) is 57.3 cm³/mol. The zero-order valence-corrected chi connectivity index (χ0v) is 9.41. The van der Waals surface area contributed by atoms with E-state index in [0.29, 0.717) is 11.3 Å². The summed E-state index contributed by atoms with van der Waals surface area (Å²) in [6, 6.07) is 0. The summed E-state index contributed by atoms with van der Waals surface area (Å²) in [5.41, 5.74) is 1.85. The van der Waals surface area contributed by atoms with E-state index in [0.717, 1.165) is 0 Å². The summed E-state index contributed by atoms with van der Waals surface area (Å²) in [4.78, 5) is 0. The highest BCUT2D eigenvalue weighted by Crippen LogP contribution is 2.34. The second kappa shape index (κ2) is 4.69. The normalized spacial score (nSPS) is 14.4. The minimum atomic E-state index is 0.526. The van der Waals surface area contributed by atoms with E-state index in [2.05, 4.69) is 41.2 Å². The third-order valence-corrected chi connectivity index (χ3v) is 3.35. The summed E-state index contributed by atoms with van der Waals surface area (Å²) < 4.78 is 0. The van der Waals surface area contributed by atoms with Gasteiger partial charge in [-0.05, 0) is 24.7 Å². The highest BCUT2D eigenvalue weighted by molar-refractivity contribution is 4.96. The van der Waals surface area contributed by atoms with E-state index in [-0.39, 0.29) is 0 Å². The molecule has 0 aromatic rings. The van der Waals surface area contributed by atoms with Crippen molar-refractivity contribution in [1.29, 1.82) is 0 Å². The highest BCUT2D eigenvalue weighted by Gasteiger charge is 2.22. The fraction of sp³-hybridized carbons (Fsp3) is 0.833. The molecule has 0 saturated carbocycles. The maximum absolute atomic E-state index is 4.01. The van der Waals surface area contributed by atoms with E-state index in [9.17, 15) is 0 Å². The standard InChI is InChI=1S/C12H24/c1-7-12(6,8-2)9-11(5)10(3)4/h11H,3,7-9H2,1-2,4-6H3. The Hall–Kier alpha value is -0.260. The molecular formula is C12H24. The van der Waals surface area contributed by atoms with Gasteiger partial charge < -0.3 is 0 Å². The topological polar surface area (TPSA) is 0 Å². The Morgan fingerprint density at radius 2 is 1.75 bits per heavy atom. The van der Waals surface area contributed by atoms with Crippen LogP contribution in [-0.4, -0.2) is 0 Å². The van der Waals surface area contributed by atoms with Gasteiger partial charge in [0.2, 0.25) is 0 Å². The van der Waals surface area contributed by atoms with Crippen LogP contribution in [0.4, 0.5) is 0 Å². The lowest BCUT2D eigenvalue weighted by Gasteiger charge is -2.30. The first-order valence-electron chi connectivity index (χ1n) is 5.10. The Morgan fingerprint density at radius 3 is 2.00 bits per heavy atom. The van der Waals surface area contributed by atoms with Crippen LogP contribution in [0.3, 0.4) is 0 Å². The van der Waals surface area contributed by atoms with Crippen molar-refractivity contribution in [3.05, 3.63) is 12.2 Å². The van der Waals surface area contributed by atoms with Gasteiger partial charge in [0, 0.05) is 0 Å². The molecule has 0 amide bonds. The lowest BCUT2D eigenvalue weighted by Crippen LogP contribution is -2.18. The molecule has 72 valence electrons. The Balaban J connectivity index is 4.11. The van der Waals surface area contributed by atoms with Crippen LogP contribution in [-0.2, 0) is 0 Å². The first kappa shape index (κ1) is 11.7. The largest absolute Gasteiger partial charge is 0.0999 e. The van der Waals surface area contributed by atoms with E-state index in [1.54, 1.807) is 0 Å². The number of hydrogen-bond acceptors (Lipinski definition) is 0. The summed E-state index contributed by atoms with van der Waals surface area (Å²) in [5, 5.41) is 0. The SMILES string of the molecule is C=C(C)C(C)CC(C)(CC)CC. The van der Waals surface area contributed by atoms with Crippen molar-refractivity contribution in [3.8, 4) is 0 Å².